The predicted octanol–water partition coefficient (Wildman–Crippen LogP) is 5.90. The third-order valence-electron chi connectivity index (χ3n) is 6.57. The number of halogens is 3. The van der Waals surface area contributed by atoms with Crippen LogP contribution in [0.25, 0.3) is 16.6 Å². The normalized spacial score (nSPS) is 14.3. The van der Waals surface area contributed by atoms with Gasteiger partial charge < -0.3 is 18.9 Å². The Kier molecular flexibility index (Phi) is 7.45. The first-order chi connectivity index (χ1) is 17.7. The minimum absolute atomic E-state index is 0.00115. The first-order valence-electron chi connectivity index (χ1n) is 12.6. The molecule has 2 amide bonds. The molecule has 1 aliphatic heterocycles. The van der Waals surface area contributed by atoms with Crippen LogP contribution in [0.15, 0.2) is 36.7 Å². The topological polar surface area (TPSA) is 67.2 Å². The number of rotatable bonds is 6. The van der Waals surface area contributed by atoms with E-state index < -0.39 is 36.3 Å². The summed E-state index contributed by atoms with van der Waals surface area (Å²) in [6.45, 7) is 10.7. The molecule has 38 heavy (non-hydrogen) atoms. The molecule has 2 aromatic heterocycles. The number of hydrogen-bond donors (Lipinski definition) is 0. The maximum Gasteiger partial charge on any atom is 0.410 e. The fourth-order valence-electron chi connectivity index (χ4n) is 4.61. The lowest BCUT2D eigenvalue weighted by Gasteiger charge is -2.40. The minimum atomic E-state index is -2.72. The lowest BCUT2D eigenvalue weighted by atomic mass is 9.89. The third kappa shape index (κ3) is 5.63. The highest BCUT2D eigenvalue weighted by Crippen LogP contribution is 2.36. The number of benzene rings is 1. The predicted molar refractivity (Wildman–Crippen MR) is 138 cm³/mol. The van der Waals surface area contributed by atoms with Gasteiger partial charge in [0.1, 0.15) is 17.2 Å². The summed E-state index contributed by atoms with van der Waals surface area (Å²) in [6, 6.07) is 5.24. The summed E-state index contributed by atoms with van der Waals surface area (Å²) in [7, 11) is 0. The summed E-state index contributed by atoms with van der Waals surface area (Å²) < 4.78 is 48.3. The molecule has 0 radical (unpaired) electrons. The molecule has 1 saturated heterocycles. The van der Waals surface area contributed by atoms with E-state index in [1.54, 1.807) is 24.9 Å². The van der Waals surface area contributed by atoms with E-state index in [0.717, 1.165) is 16.5 Å². The molecule has 3 heterocycles. The van der Waals surface area contributed by atoms with Crippen molar-refractivity contribution >= 4 is 17.5 Å². The molecule has 7 nitrogen and oxygen atoms in total. The number of pyridine rings is 1. The maximum absolute atomic E-state index is 14.4. The van der Waals surface area contributed by atoms with E-state index in [1.165, 1.54) is 12.1 Å². The van der Waals surface area contributed by atoms with Gasteiger partial charge in [0.15, 0.2) is 0 Å². The van der Waals surface area contributed by atoms with Crippen molar-refractivity contribution in [3.05, 3.63) is 59.4 Å². The van der Waals surface area contributed by atoms with Gasteiger partial charge in [0.25, 0.3) is 12.3 Å². The quantitative estimate of drug-likeness (QED) is 0.398. The van der Waals surface area contributed by atoms with Crippen LogP contribution in [0.5, 0.6) is 0 Å². The van der Waals surface area contributed by atoms with Crippen LogP contribution in [0.3, 0.4) is 0 Å². The number of aromatic nitrogens is 2. The van der Waals surface area contributed by atoms with Crippen molar-refractivity contribution in [2.24, 2.45) is 0 Å². The van der Waals surface area contributed by atoms with Crippen LogP contribution >= 0.6 is 0 Å². The highest BCUT2D eigenvalue weighted by molar-refractivity contribution is 6.03. The number of aryl methyl sites for hydroxylation is 1. The second-order valence-electron chi connectivity index (χ2n) is 11.0. The number of carbonyl (C=O) groups is 2. The lowest BCUT2D eigenvalue weighted by Crippen LogP contribution is -2.50. The molecular formula is C28H33F3N4O3. The second-order valence-corrected chi connectivity index (χ2v) is 11.0. The number of alkyl halides is 2. The Morgan fingerprint density at radius 1 is 1.16 bits per heavy atom. The molecule has 0 saturated carbocycles. The molecule has 1 fully saturated rings. The standard InChI is InChI=1S/C28H33F3N4O3/c1-16(2)34(15-25(30)31)26(36)23-10-20(29)7-8-21(23)22-9-18(14-35-17(3)32-11-24(22)35)19-12-33(13-19)27(37)38-28(4,5)6/h7-11,14,16,19,25H,12-13,15H2,1-6H3. The summed E-state index contributed by atoms with van der Waals surface area (Å²) in [5, 5.41) is 0. The van der Waals surface area contributed by atoms with Gasteiger partial charge in [0.05, 0.1) is 23.8 Å². The van der Waals surface area contributed by atoms with Gasteiger partial charge in [-0.3, -0.25) is 4.79 Å². The van der Waals surface area contributed by atoms with Gasteiger partial charge in [0.2, 0.25) is 0 Å². The summed E-state index contributed by atoms with van der Waals surface area (Å²) in [5.74, 6) is -0.586. The van der Waals surface area contributed by atoms with Gasteiger partial charge in [-0.2, -0.15) is 0 Å². The number of fused-ring (bicyclic) bond motifs is 1. The molecule has 0 N–H and O–H groups in total. The number of likely N-dealkylation sites (tertiary alicyclic amines) is 1. The van der Waals surface area contributed by atoms with Crippen molar-refractivity contribution in [2.75, 3.05) is 19.6 Å². The van der Waals surface area contributed by atoms with Gasteiger partial charge in [-0.1, -0.05) is 6.07 Å². The van der Waals surface area contributed by atoms with Crippen LogP contribution in [-0.4, -0.2) is 68.9 Å². The summed E-state index contributed by atoms with van der Waals surface area (Å²) in [6.07, 6.45) is 0.505. The minimum Gasteiger partial charge on any atom is -0.444 e. The Labute approximate surface area is 220 Å². The van der Waals surface area contributed by atoms with E-state index in [9.17, 15) is 22.8 Å². The highest BCUT2D eigenvalue weighted by atomic mass is 19.3. The third-order valence-corrected chi connectivity index (χ3v) is 6.57. The van der Waals surface area contributed by atoms with E-state index >= 15 is 0 Å². The molecule has 0 aliphatic carbocycles. The van der Waals surface area contributed by atoms with Crippen LogP contribution in [-0.2, 0) is 4.74 Å². The molecule has 0 bridgehead atoms. The number of carbonyl (C=O) groups excluding carboxylic acids is 2. The van der Waals surface area contributed by atoms with Crippen LogP contribution in [0.2, 0.25) is 0 Å². The van der Waals surface area contributed by atoms with Crippen LogP contribution in [0, 0.1) is 12.7 Å². The number of ether oxygens (including phenoxy) is 1. The van der Waals surface area contributed by atoms with Crippen LogP contribution in [0.4, 0.5) is 18.0 Å². The van der Waals surface area contributed by atoms with Crippen molar-refractivity contribution in [1.82, 2.24) is 19.2 Å². The zero-order valence-corrected chi connectivity index (χ0v) is 22.5. The number of hydrogen-bond acceptors (Lipinski definition) is 4. The molecule has 0 spiro atoms. The zero-order valence-electron chi connectivity index (χ0n) is 22.5. The van der Waals surface area contributed by atoms with Crippen molar-refractivity contribution < 1.29 is 27.5 Å². The monoisotopic (exact) mass is 530 g/mol. The summed E-state index contributed by atoms with van der Waals surface area (Å²) >= 11 is 0. The molecule has 4 rings (SSSR count). The van der Waals surface area contributed by atoms with Gasteiger partial charge in [-0.15, -0.1) is 0 Å². The Morgan fingerprint density at radius 2 is 1.84 bits per heavy atom. The number of imidazole rings is 1. The molecule has 3 aromatic rings. The SMILES string of the molecule is Cc1ncc2c(-c3ccc(F)cc3C(=O)N(CC(F)F)C(C)C)cc(C3CN(C(=O)OC(C)(C)C)C3)cn12. The molecular weight excluding hydrogens is 497 g/mol. The first kappa shape index (κ1) is 27.5. The molecule has 1 aliphatic rings. The fourth-order valence-corrected chi connectivity index (χ4v) is 4.61. The summed E-state index contributed by atoms with van der Waals surface area (Å²) in [4.78, 5) is 33.0. The molecule has 0 unspecified atom stereocenters. The number of nitrogens with zero attached hydrogens (tertiary/aromatic N) is 4. The van der Waals surface area contributed by atoms with Crippen molar-refractivity contribution in [2.45, 2.75) is 65.5 Å². The van der Waals surface area contributed by atoms with Crippen LogP contribution < -0.4 is 0 Å². The summed E-state index contributed by atoms with van der Waals surface area (Å²) in [5.41, 5.74) is 2.06. The van der Waals surface area contributed by atoms with Crippen molar-refractivity contribution in [3.63, 3.8) is 0 Å². The molecule has 0 atom stereocenters. The van der Waals surface area contributed by atoms with Crippen LogP contribution in [0.1, 0.15) is 62.3 Å². The smallest absolute Gasteiger partial charge is 0.410 e. The Morgan fingerprint density at radius 3 is 2.45 bits per heavy atom. The van der Waals surface area contributed by atoms with Crippen molar-refractivity contribution in [3.8, 4) is 11.1 Å². The Hall–Kier alpha value is -3.56. The lowest BCUT2D eigenvalue weighted by molar-refractivity contribution is 0.00815. The van der Waals surface area contributed by atoms with Gasteiger partial charge in [0, 0.05) is 36.8 Å². The first-order valence-corrected chi connectivity index (χ1v) is 12.6. The molecule has 1 aromatic carbocycles. The zero-order chi connectivity index (χ0) is 27.9. The van der Waals surface area contributed by atoms with Gasteiger partial charge in [-0.05, 0) is 70.9 Å². The maximum atomic E-state index is 14.4. The van der Waals surface area contributed by atoms with Gasteiger partial charge in [-0.25, -0.2) is 22.9 Å². The van der Waals surface area contributed by atoms with E-state index in [2.05, 4.69) is 4.98 Å². The Balaban J connectivity index is 1.75. The highest BCUT2D eigenvalue weighted by Gasteiger charge is 2.35. The molecule has 204 valence electrons. The average molecular weight is 531 g/mol. The Bertz CT molecular complexity index is 1360. The number of amides is 2. The molecule has 10 heteroatoms. The van der Waals surface area contributed by atoms with E-state index in [4.69, 9.17) is 4.74 Å². The fraction of sp³-hybridized carbons (Fsp3) is 0.464. The largest absolute Gasteiger partial charge is 0.444 e. The van der Waals surface area contributed by atoms with Gasteiger partial charge >= 0.3 is 6.09 Å². The second kappa shape index (κ2) is 10.3. The van der Waals surface area contributed by atoms with E-state index in [0.29, 0.717) is 35.6 Å². The van der Waals surface area contributed by atoms with E-state index in [1.807, 2.05) is 44.4 Å². The average Bonchev–Trinajstić information content (AvgIpc) is 3.15. The van der Waals surface area contributed by atoms with E-state index in [-0.39, 0.29) is 17.6 Å². The van der Waals surface area contributed by atoms with Crippen molar-refractivity contribution in [1.29, 1.82) is 0 Å².